The van der Waals surface area contributed by atoms with Gasteiger partial charge in [0.1, 0.15) is 5.73 Å². The van der Waals surface area contributed by atoms with E-state index in [1.165, 1.54) is 0 Å². The van der Waals surface area contributed by atoms with Crippen LogP contribution in [-0.2, 0) is 18.0 Å². The van der Waals surface area contributed by atoms with Crippen molar-refractivity contribution in [3.8, 4) is 0 Å². The lowest BCUT2D eigenvalue weighted by molar-refractivity contribution is 0.0202. The number of rotatable bonds is 8. The Morgan fingerprint density at radius 3 is 1.93 bits per heavy atom. The van der Waals surface area contributed by atoms with Crippen molar-refractivity contribution in [1.82, 2.24) is 0 Å². The van der Waals surface area contributed by atoms with Crippen molar-refractivity contribution in [1.29, 1.82) is 0 Å². The van der Waals surface area contributed by atoms with E-state index in [9.17, 15) is 0 Å². The molecule has 1 atom stereocenters. The van der Waals surface area contributed by atoms with Crippen molar-refractivity contribution in [2.24, 2.45) is 0 Å². The molecule has 0 aliphatic heterocycles. The van der Waals surface area contributed by atoms with Crippen LogP contribution in [0.3, 0.4) is 0 Å². The molecule has 0 bridgehead atoms. The van der Waals surface area contributed by atoms with Crippen molar-refractivity contribution in [2.45, 2.75) is 32.4 Å². The van der Waals surface area contributed by atoms with Crippen LogP contribution < -0.4 is 0 Å². The summed E-state index contributed by atoms with van der Waals surface area (Å²) in [6, 6.07) is 0. The summed E-state index contributed by atoms with van der Waals surface area (Å²) in [4.78, 5) is 0. The van der Waals surface area contributed by atoms with Crippen LogP contribution in [-0.4, -0.2) is 42.5 Å². The highest BCUT2D eigenvalue weighted by Crippen LogP contribution is 2.14. The standard InChI is InChI=1S/C9H22O4Si/c1-6-7-8-13-9(2)14(10-3,11-4)12-5/h9H,6-8H2,1-5H3. The summed E-state index contributed by atoms with van der Waals surface area (Å²) in [6.07, 6.45) is 2.17. The minimum absolute atomic E-state index is 0.117. The second kappa shape index (κ2) is 7.36. The van der Waals surface area contributed by atoms with Crippen LogP contribution in [0.2, 0.25) is 0 Å². The molecule has 14 heavy (non-hydrogen) atoms. The topological polar surface area (TPSA) is 36.9 Å². The highest BCUT2D eigenvalue weighted by atomic mass is 28.4. The predicted molar refractivity (Wildman–Crippen MR) is 57.1 cm³/mol. The van der Waals surface area contributed by atoms with Crippen LogP contribution in [0.5, 0.6) is 0 Å². The number of hydrogen-bond acceptors (Lipinski definition) is 4. The van der Waals surface area contributed by atoms with E-state index in [-0.39, 0.29) is 5.73 Å². The maximum atomic E-state index is 5.61. The van der Waals surface area contributed by atoms with Crippen LogP contribution >= 0.6 is 0 Å². The largest absolute Gasteiger partial charge is 0.530 e. The Hall–Kier alpha value is 0.0569. The van der Waals surface area contributed by atoms with Gasteiger partial charge < -0.3 is 18.0 Å². The van der Waals surface area contributed by atoms with Crippen LogP contribution in [0.1, 0.15) is 26.7 Å². The van der Waals surface area contributed by atoms with Crippen LogP contribution in [0.15, 0.2) is 0 Å². The van der Waals surface area contributed by atoms with Gasteiger partial charge in [0.15, 0.2) is 0 Å². The van der Waals surface area contributed by atoms with Gasteiger partial charge in [-0.1, -0.05) is 13.3 Å². The average Bonchev–Trinajstić information content (AvgIpc) is 2.22. The normalized spacial score (nSPS) is 14.4. The molecule has 4 nitrogen and oxygen atoms in total. The van der Waals surface area contributed by atoms with Gasteiger partial charge in [-0.05, 0) is 13.3 Å². The summed E-state index contributed by atoms with van der Waals surface area (Å²) < 4.78 is 21.5. The monoisotopic (exact) mass is 222 g/mol. The summed E-state index contributed by atoms with van der Waals surface area (Å²) in [5.74, 6) is 0. The quantitative estimate of drug-likeness (QED) is 0.462. The summed E-state index contributed by atoms with van der Waals surface area (Å²) >= 11 is 0. The first-order valence-electron chi connectivity index (χ1n) is 4.93. The van der Waals surface area contributed by atoms with Crippen molar-refractivity contribution in [2.75, 3.05) is 27.9 Å². The second-order valence-electron chi connectivity index (χ2n) is 3.08. The molecule has 0 aliphatic rings. The first-order valence-corrected chi connectivity index (χ1v) is 6.74. The van der Waals surface area contributed by atoms with E-state index in [0.29, 0.717) is 0 Å². The lowest BCUT2D eigenvalue weighted by Gasteiger charge is -2.29. The van der Waals surface area contributed by atoms with Crippen LogP contribution in [0.4, 0.5) is 0 Å². The summed E-state index contributed by atoms with van der Waals surface area (Å²) in [5.41, 5.74) is -0.117. The highest BCUT2D eigenvalue weighted by Gasteiger charge is 2.45. The van der Waals surface area contributed by atoms with Crippen molar-refractivity contribution < 1.29 is 18.0 Å². The van der Waals surface area contributed by atoms with Gasteiger partial charge in [0.25, 0.3) is 0 Å². The van der Waals surface area contributed by atoms with Gasteiger partial charge >= 0.3 is 8.80 Å². The molecule has 0 spiro atoms. The third-order valence-electron chi connectivity index (χ3n) is 2.22. The molecule has 86 valence electrons. The first-order chi connectivity index (χ1) is 6.66. The van der Waals surface area contributed by atoms with Gasteiger partial charge in [0.05, 0.1) is 0 Å². The molecule has 0 saturated carbocycles. The van der Waals surface area contributed by atoms with Gasteiger partial charge in [0.2, 0.25) is 0 Å². The highest BCUT2D eigenvalue weighted by molar-refractivity contribution is 6.61. The Balaban J connectivity index is 4.07. The molecule has 0 radical (unpaired) electrons. The van der Waals surface area contributed by atoms with E-state index in [0.717, 1.165) is 19.4 Å². The zero-order valence-electron chi connectivity index (χ0n) is 9.83. The Morgan fingerprint density at radius 1 is 1.07 bits per heavy atom. The molecule has 0 aromatic rings. The lowest BCUT2D eigenvalue weighted by atomic mass is 10.4. The van der Waals surface area contributed by atoms with E-state index in [4.69, 9.17) is 18.0 Å². The fourth-order valence-corrected chi connectivity index (χ4v) is 3.07. The molecule has 0 aromatic heterocycles. The molecular weight excluding hydrogens is 200 g/mol. The third kappa shape index (κ3) is 3.66. The first kappa shape index (κ1) is 14.1. The zero-order valence-corrected chi connectivity index (χ0v) is 10.8. The molecule has 0 aliphatic carbocycles. The third-order valence-corrected chi connectivity index (χ3v) is 5.09. The molecule has 0 N–H and O–H groups in total. The molecule has 0 aromatic carbocycles. The summed E-state index contributed by atoms with van der Waals surface area (Å²) in [6.45, 7) is 4.78. The minimum atomic E-state index is -2.59. The van der Waals surface area contributed by atoms with Gasteiger partial charge in [-0.15, -0.1) is 0 Å². The maximum Gasteiger partial charge on any atom is 0.530 e. The Kier molecular flexibility index (Phi) is 7.39. The predicted octanol–water partition coefficient (Wildman–Crippen LogP) is 1.61. The lowest BCUT2D eigenvalue weighted by Crippen LogP contribution is -2.54. The molecule has 0 fully saturated rings. The summed E-state index contributed by atoms with van der Waals surface area (Å²) in [5, 5.41) is 0. The fourth-order valence-electron chi connectivity index (χ4n) is 1.25. The van der Waals surface area contributed by atoms with Crippen LogP contribution in [0.25, 0.3) is 0 Å². The molecule has 1 unspecified atom stereocenters. The smallest absolute Gasteiger partial charge is 0.375 e. The van der Waals surface area contributed by atoms with Crippen molar-refractivity contribution >= 4 is 8.80 Å². The van der Waals surface area contributed by atoms with E-state index in [1.807, 2.05) is 6.92 Å². The Bertz CT molecular complexity index is 131. The van der Waals surface area contributed by atoms with Gasteiger partial charge in [-0.25, -0.2) is 0 Å². The SMILES string of the molecule is CCCCOC(C)[Si](OC)(OC)OC. The number of unbranched alkanes of at least 4 members (excludes halogenated alkanes) is 1. The molecule has 0 heterocycles. The van der Waals surface area contributed by atoms with Gasteiger partial charge in [-0.2, -0.15) is 0 Å². The van der Waals surface area contributed by atoms with Crippen molar-refractivity contribution in [3.05, 3.63) is 0 Å². The fraction of sp³-hybridized carbons (Fsp3) is 1.00. The Labute approximate surface area is 87.9 Å². The van der Waals surface area contributed by atoms with Crippen LogP contribution in [0, 0.1) is 0 Å². The number of hydrogen-bond donors (Lipinski definition) is 0. The Morgan fingerprint density at radius 2 is 1.57 bits per heavy atom. The molecular formula is C9H22O4Si. The van der Waals surface area contributed by atoms with Gasteiger partial charge in [-0.3, -0.25) is 0 Å². The second-order valence-corrected chi connectivity index (χ2v) is 6.33. The maximum absolute atomic E-state index is 5.61. The number of ether oxygens (including phenoxy) is 1. The van der Waals surface area contributed by atoms with Crippen molar-refractivity contribution in [3.63, 3.8) is 0 Å². The van der Waals surface area contributed by atoms with E-state index >= 15 is 0 Å². The minimum Gasteiger partial charge on any atom is -0.375 e. The molecule has 5 heteroatoms. The van der Waals surface area contributed by atoms with E-state index in [1.54, 1.807) is 21.3 Å². The average molecular weight is 222 g/mol. The molecule has 0 saturated heterocycles. The summed E-state index contributed by atoms with van der Waals surface area (Å²) in [7, 11) is 2.20. The van der Waals surface area contributed by atoms with Gasteiger partial charge in [0, 0.05) is 27.9 Å². The molecule has 0 rings (SSSR count). The molecule has 0 amide bonds. The van der Waals surface area contributed by atoms with E-state index in [2.05, 4.69) is 6.92 Å². The zero-order chi connectivity index (χ0) is 11.0. The van der Waals surface area contributed by atoms with E-state index < -0.39 is 8.80 Å².